The van der Waals surface area contributed by atoms with Crippen LogP contribution in [0.3, 0.4) is 0 Å². The Morgan fingerprint density at radius 1 is 1.42 bits per heavy atom. The monoisotopic (exact) mass is 179 g/mol. The maximum atomic E-state index is 3.42. The molecule has 64 valence electrons. The van der Waals surface area contributed by atoms with Gasteiger partial charge in [-0.2, -0.15) is 0 Å². The van der Waals surface area contributed by atoms with E-state index in [-0.39, 0.29) is 0 Å². The van der Waals surface area contributed by atoms with Gasteiger partial charge in [-0.15, -0.1) is 11.8 Å². The zero-order valence-corrected chi connectivity index (χ0v) is 8.08. The number of nitrogens with one attached hydrogen (secondary N) is 1. The Morgan fingerprint density at radius 3 is 3.25 bits per heavy atom. The molecule has 1 nitrogen and oxygen atoms in total. The van der Waals surface area contributed by atoms with Crippen LogP contribution in [0.15, 0.2) is 23.1 Å². The fraction of sp³-hybridized carbons (Fsp3) is 0.400. The Labute approximate surface area is 77.6 Å². The number of fused-ring (bicyclic) bond motifs is 1. The second-order valence-electron chi connectivity index (χ2n) is 3.08. The molecular formula is C10H13NS. The highest BCUT2D eigenvalue weighted by atomic mass is 32.2. The van der Waals surface area contributed by atoms with Gasteiger partial charge in [-0.05, 0) is 24.1 Å². The number of aryl methyl sites for hydroxylation is 1. The molecule has 1 aromatic rings. The fourth-order valence-corrected chi connectivity index (χ4v) is 2.53. The first-order valence-electron chi connectivity index (χ1n) is 4.30. The van der Waals surface area contributed by atoms with Crippen molar-refractivity contribution in [3.05, 3.63) is 29.3 Å². The van der Waals surface area contributed by atoms with E-state index >= 15 is 0 Å². The van der Waals surface area contributed by atoms with Gasteiger partial charge in [-0.1, -0.05) is 12.1 Å². The van der Waals surface area contributed by atoms with E-state index in [2.05, 4.69) is 30.4 Å². The first kappa shape index (κ1) is 8.14. The zero-order valence-electron chi connectivity index (χ0n) is 7.26. The van der Waals surface area contributed by atoms with Gasteiger partial charge in [0, 0.05) is 23.7 Å². The van der Waals surface area contributed by atoms with Gasteiger partial charge in [-0.3, -0.25) is 0 Å². The Hall–Kier alpha value is -0.470. The van der Waals surface area contributed by atoms with Crippen molar-refractivity contribution in [3.63, 3.8) is 0 Å². The average Bonchev–Trinajstić information content (AvgIpc) is 2.30. The molecule has 0 amide bonds. The van der Waals surface area contributed by atoms with E-state index in [4.69, 9.17) is 0 Å². The average molecular weight is 179 g/mol. The van der Waals surface area contributed by atoms with E-state index in [9.17, 15) is 0 Å². The van der Waals surface area contributed by atoms with Crippen molar-refractivity contribution in [1.29, 1.82) is 0 Å². The highest BCUT2D eigenvalue weighted by Crippen LogP contribution is 2.26. The standard InChI is InChI=1S/C10H13NS/c1-8-3-2-4-10-9(8)7-11-5-6-12-10/h2-4,11H,5-7H2,1H3. The minimum absolute atomic E-state index is 1.04. The Morgan fingerprint density at radius 2 is 2.33 bits per heavy atom. The van der Waals surface area contributed by atoms with Crippen molar-refractivity contribution in [2.24, 2.45) is 0 Å². The summed E-state index contributed by atoms with van der Waals surface area (Å²) in [5.41, 5.74) is 2.90. The number of rotatable bonds is 0. The van der Waals surface area contributed by atoms with Crippen LogP contribution in [-0.2, 0) is 6.54 Å². The zero-order chi connectivity index (χ0) is 8.39. The van der Waals surface area contributed by atoms with Gasteiger partial charge in [0.2, 0.25) is 0 Å². The van der Waals surface area contributed by atoms with Gasteiger partial charge in [0.15, 0.2) is 0 Å². The molecule has 2 rings (SSSR count). The summed E-state index contributed by atoms with van der Waals surface area (Å²) < 4.78 is 0. The molecule has 1 aliphatic heterocycles. The maximum absolute atomic E-state index is 3.42. The minimum Gasteiger partial charge on any atom is -0.312 e. The minimum atomic E-state index is 1.04. The van der Waals surface area contributed by atoms with Crippen LogP contribution in [0.1, 0.15) is 11.1 Å². The normalized spacial score (nSPS) is 16.8. The van der Waals surface area contributed by atoms with Crippen molar-refractivity contribution in [2.75, 3.05) is 12.3 Å². The lowest BCUT2D eigenvalue weighted by molar-refractivity contribution is 0.728. The van der Waals surface area contributed by atoms with Crippen LogP contribution in [0, 0.1) is 6.92 Å². The topological polar surface area (TPSA) is 12.0 Å². The molecule has 0 spiro atoms. The van der Waals surface area contributed by atoms with Crippen LogP contribution in [0.2, 0.25) is 0 Å². The Bertz CT molecular complexity index is 283. The van der Waals surface area contributed by atoms with Crippen LogP contribution in [-0.4, -0.2) is 12.3 Å². The largest absolute Gasteiger partial charge is 0.312 e. The van der Waals surface area contributed by atoms with Crippen LogP contribution in [0.25, 0.3) is 0 Å². The molecule has 0 bridgehead atoms. The van der Waals surface area contributed by atoms with Gasteiger partial charge >= 0.3 is 0 Å². The summed E-state index contributed by atoms with van der Waals surface area (Å²) in [6.45, 7) is 4.35. The molecule has 0 atom stereocenters. The molecule has 0 saturated carbocycles. The van der Waals surface area contributed by atoms with Crippen molar-refractivity contribution < 1.29 is 0 Å². The summed E-state index contributed by atoms with van der Waals surface area (Å²) in [4.78, 5) is 1.46. The molecule has 0 fully saturated rings. The van der Waals surface area contributed by atoms with Crippen molar-refractivity contribution >= 4 is 11.8 Å². The van der Waals surface area contributed by atoms with Crippen molar-refractivity contribution in [3.8, 4) is 0 Å². The highest BCUT2D eigenvalue weighted by Gasteiger charge is 2.08. The summed E-state index contributed by atoms with van der Waals surface area (Å²) in [5, 5.41) is 3.42. The fourth-order valence-electron chi connectivity index (χ4n) is 1.48. The second-order valence-corrected chi connectivity index (χ2v) is 4.21. The lowest BCUT2D eigenvalue weighted by atomic mass is 10.1. The van der Waals surface area contributed by atoms with E-state index in [0.29, 0.717) is 0 Å². The molecule has 12 heavy (non-hydrogen) atoms. The first-order valence-corrected chi connectivity index (χ1v) is 5.28. The lowest BCUT2D eigenvalue weighted by Crippen LogP contribution is -2.14. The second kappa shape index (κ2) is 3.50. The first-order chi connectivity index (χ1) is 5.88. The predicted octanol–water partition coefficient (Wildman–Crippen LogP) is 2.19. The van der Waals surface area contributed by atoms with Gasteiger partial charge in [-0.25, -0.2) is 0 Å². The van der Waals surface area contributed by atoms with Gasteiger partial charge in [0.25, 0.3) is 0 Å². The van der Waals surface area contributed by atoms with Crippen molar-refractivity contribution in [1.82, 2.24) is 5.32 Å². The molecule has 1 aliphatic rings. The third kappa shape index (κ3) is 1.50. The molecule has 0 saturated heterocycles. The predicted molar refractivity (Wildman–Crippen MR) is 53.6 cm³/mol. The van der Waals surface area contributed by atoms with E-state index < -0.39 is 0 Å². The summed E-state index contributed by atoms with van der Waals surface area (Å²) in [6.07, 6.45) is 0. The molecule has 0 unspecified atom stereocenters. The Balaban J connectivity index is 2.42. The number of thioether (sulfide) groups is 1. The van der Waals surface area contributed by atoms with E-state index in [1.165, 1.54) is 21.8 Å². The molecular weight excluding hydrogens is 166 g/mol. The molecule has 1 N–H and O–H groups in total. The third-order valence-corrected chi connectivity index (χ3v) is 3.31. The lowest BCUT2D eigenvalue weighted by Gasteiger charge is -2.07. The van der Waals surface area contributed by atoms with E-state index in [0.717, 1.165) is 13.1 Å². The SMILES string of the molecule is Cc1cccc2c1CNCCS2. The summed E-state index contributed by atoms with van der Waals surface area (Å²) in [5.74, 6) is 1.19. The summed E-state index contributed by atoms with van der Waals surface area (Å²) >= 11 is 1.96. The van der Waals surface area contributed by atoms with E-state index in [1.807, 2.05) is 11.8 Å². The van der Waals surface area contributed by atoms with Gasteiger partial charge in [0.05, 0.1) is 0 Å². The van der Waals surface area contributed by atoms with Crippen LogP contribution in [0.4, 0.5) is 0 Å². The van der Waals surface area contributed by atoms with Gasteiger partial charge < -0.3 is 5.32 Å². The highest BCUT2D eigenvalue weighted by molar-refractivity contribution is 7.99. The molecule has 0 aromatic heterocycles. The number of hydrogen-bond donors (Lipinski definition) is 1. The van der Waals surface area contributed by atoms with Crippen LogP contribution >= 0.6 is 11.8 Å². The molecule has 1 heterocycles. The maximum Gasteiger partial charge on any atom is 0.0219 e. The van der Waals surface area contributed by atoms with Gasteiger partial charge in [0.1, 0.15) is 0 Å². The van der Waals surface area contributed by atoms with E-state index in [1.54, 1.807) is 0 Å². The smallest absolute Gasteiger partial charge is 0.0219 e. The van der Waals surface area contributed by atoms with Crippen molar-refractivity contribution in [2.45, 2.75) is 18.4 Å². The number of hydrogen-bond acceptors (Lipinski definition) is 2. The van der Waals surface area contributed by atoms with Crippen LogP contribution < -0.4 is 5.32 Å². The summed E-state index contributed by atoms with van der Waals surface area (Å²) in [7, 11) is 0. The molecule has 2 heteroatoms. The molecule has 0 radical (unpaired) electrons. The van der Waals surface area contributed by atoms with Crippen LogP contribution in [0.5, 0.6) is 0 Å². The quantitative estimate of drug-likeness (QED) is 0.655. The molecule has 1 aromatic carbocycles. The number of benzene rings is 1. The third-order valence-electron chi connectivity index (χ3n) is 2.21. The summed E-state index contributed by atoms with van der Waals surface area (Å²) in [6, 6.07) is 6.55. The molecule has 0 aliphatic carbocycles. The Kier molecular flexibility index (Phi) is 2.38.